The minimum absolute atomic E-state index is 0.656. The molecular formula is C18H26NO. The van der Waals surface area contributed by atoms with Gasteiger partial charge in [0, 0.05) is 13.1 Å². The molecule has 1 heterocycles. The van der Waals surface area contributed by atoms with Gasteiger partial charge in [0.05, 0.1) is 0 Å². The first-order chi connectivity index (χ1) is 9.65. The lowest BCUT2D eigenvalue weighted by molar-refractivity contribution is -0.0967. The second-order valence-corrected chi connectivity index (χ2v) is 6.63. The first-order valence-electron chi connectivity index (χ1n) is 8.05. The molecule has 0 spiro atoms. The molecule has 1 atom stereocenters. The van der Waals surface area contributed by atoms with Crippen LogP contribution in [-0.4, -0.2) is 22.3 Å². The van der Waals surface area contributed by atoms with Crippen molar-refractivity contribution < 1.29 is 5.11 Å². The van der Waals surface area contributed by atoms with Crippen molar-refractivity contribution in [3.8, 4) is 0 Å². The van der Waals surface area contributed by atoms with Crippen LogP contribution in [0.2, 0.25) is 0 Å². The maximum atomic E-state index is 10.8. The lowest BCUT2D eigenvalue weighted by atomic mass is 9.83. The molecular weight excluding hydrogens is 246 g/mol. The van der Waals surface area contributed by atoms with Gasteiger partial charge in [-0.3, -0.25) is 4.90 Å². The van der Waals surface area contributed by atoms with E-state index in [4.69, 9.17) is 0 Å². The van der Waals surface area contributed by atoms with Crippen LogP contribution in [0.15, 0.2) is 24.3 Å². The summed E-state index contributed by atoms with van der Waals surface area (Å²) < 4.78 is 0. The van der Waals surface area contributed by atoms with Crippen LogP contribution in [0.5, 0.6) is 0 Å². The van der Waals surface area contributed by atoms with E-state index in [9.17, 15) is 5.11 Å². The van der Waals surface area contributed by atoms with Crippen molar-refractivity contribution in [1.82, 2.24) is 4.90 Å². The Bertz CT molecular complexity index is 448. The zero-order valence-corrected chi connectivity index (χ0v) is 12.4. The molecule has 1 aromatic rings. The van der Waals surface area contributed by atoms with E-state index in [2.05, 4.69) is 36.1 Å². The average Bonchev–Trinajstić information content (AvgIpc) is 2.47. The molecule has 0 aromatic heterocycles. The standard InChI is InChI=1S/C18H26NO/c1-18(20,13-15-7-3-2-4-8-15)19-12-11-16-9-5-6-10-17(16)14-19/h5-6,9-10,15,20H,1-4,7-8,11-14H2/t18-/m0/s1. The van der Waals surface area contributed by atoms with Crippen LogP contribution in [0, 0.1) is 12.8 Å². The van der Waals surface area contributed by atoms with Crippen LogP contribution < -0.4 is 0 Å². The van der Waals surface area contributed by atoms with Gasteiger partial charge >= 0.3 is 0 Å². The van der Waals surface area contributed by atoms with Crippen molar-refractivity contribution >= 4 is 0 Å². The molecule has 1 aliphatic heterocycles. The van der Waals surface area contributed by atoms with E-state index in [0.717, 1.165) is 25.9 Å². The van der Waals surface area contributed by atoms with E-state index in [1.807, 2.05) is 0 Å². The van der Waals surface area contributed by atoms with E-state index >= 15 is 0 Å². The largest absolute Gasteiger partial charge is 0.376 e. The second-order valence-electron chi connectivity index (χ2n) is 6.63. The minimum Gasteiger partial charge on any atom is -0.376 e. The second kappa shape index (κ2) is 5.87. The Labute approximate surface area is 122 Å². The fourth-order valence-corrected chi connectivity index (χ4v) is 3.83. The van der Waals surface area contributed by atoms with Gasteiger partial charge < -0.3 is 5.11 Å². The van der Waals surface area contributed by atoms with Crippen molar-refractivity contribution in [2.75, 3.05) is 6.54 Å². The first kappa shape index (κ1) is 14.1. The predicted octanol–water partition coefficient (Wildman–Crippen LogP) is 3.54. The zero-order valence-electron chi connectivity index (χ0n) is 12.4. The number of benzene rings is 1. The lowest BCUT2D eigenvalue weighted by Crippen LogP contribution is -2.50. The molecule has 1 N–H and O–H groups in total. The van der Waals surface area contributed by atoms with Gasteiger partial charge in [-0.2, -0.15) is 0 Å². The molecule has 1 saturated carbocycles. The van der Waals surface area contributed by atoms with Crippen molar-refractivity contribution in [3.63, 3.8) is 0 Å². The van der Waals surface area contributed by atoms with Gasteiger partial charge in [-0.1, -0.05) is 56.4 Å². The molecule has 20 heavy (non-hydrogen) atoms. The predicted molar refractivity (Wildman–Crippen MR) is 82.1 cm³/mol. The average molecular weight is 272 g/mol. The summed E-state index contributed by atoms with van der Waals surface area (Å²) in [6, 6.07) is 8.58. The quantitative estimate of drug-likeness (QED) is 0.910. The zero-order chi connectivity index (χ0) is 14.0. The van der Waals surface area contributed by atoms with Crippen molar-refractivity contribution in [1.29, 1.82) is 0 Å². The summed E-state index contributed by atoms with van der Waals surface area (Å²) >= 11 is 0. The maximum absolute atomic E-state index is 10.8. The first-order valence-corrected chi connectivity index (χ1v) is 8.05. The molecule has 0 saturated heterocycles. The van der Waals surface area contributed by atoms with Gasteiger partial charge in [0.1, 0.15) is 5.72 Å². The highest BCUT2D eigenvalue weighted by atomic mass is 16.3. The Morgan fingerprint density at radius 2 is 1.85 bits per heavy atom. The van der Waals surface area contributed by atoms with Crippen molar-refractivity contribution in [3.05, 3.63) is 42.3 Å². The van der Waals surface area contributed by atoms with Gasteiger partial charge in [-0.25, -0.2) is 0 Å². The lowest BCUT2D eigenvalue weighted by Gasteiger charge is -2.42. The molecule has 0 unspecified atom stereocenters. The Hall–Kier alpha value is -0.860. The smallest absolute Gasteiger partial charge is 0.119 e. The molecule has 0 amide bonds. The Balaban J connectivity index is 1.66. The summed E-state index contributed by atoms with van der Waals surface area (Å²) in [4.78, 5) is 2.17. The minimum atomic E-state index is -0.893. The van der Waals surface area contributed by atoms with Gasteiger partial charge in [-0.05, 0) is 36.8 Å². The Kier molecular flexibility index (Phi) is 4.13. The fraction of sp³-hybridized carbons (Fsp3) is 0.611. The Morgan fingerprint density at radius 1 is 1.15 bits per heavy atom. The van der Waals surface area contributed by atoms with Crippen LogP contribution in [0.3, 0.4) is 0 Å². The molecule has 1 radical (unpaired) electrons. The summed E-state index contributed by atoms with van der Waals surface area (Å²) in [6.07, 6.45) is 8.40. The molecule has 2 heteroatoms. The van der Waals surface area contributed by atoms with Crippen LogP contribution in [0.25, 0.3) is 0 Å². The van der Waals surface area contributed by atoms with Crippen molar-refractivity contribution in [2.24, 2.45) is 5.92 Å². The topological polar surface area (TPSA) is 23.5 Å². The van der Waals surface area contributed by atoms with Crippen LogP contribution in [0.4, 0.5) is 0 Å². The monoisotopic (exact) mass is 272 g/mol. The van der Waals surface area contributed by atoms with E-state index in [1.54, 1.807) is 0 Å². The van der Waals surface area contributed by atoms with E-state index in [0.29, 0.717) is 5.92 Å². The van der Waals surface area contributed by atoms with Gasteiger partial charge in [0.2, 0.25) is 0 Å². The third-order valence-corrected chi connectivity index (χ3v) is 5.06. The third kappa shape index (κ3) is 3.07. The highest BCUT2D eigenvalue weighted by molar-refractivity contribution is 5.29. The molecule has 109 valence electrons. The summed E-state index contributed by atoms with van der Waals surface area (Å²) in [5, 5.41) is 10.8. The SMILES string of the molecule is [CH2][C@](O)(CC1CCCCC1)N1CCc2ccccc2C1. The maximum Gasteiger partial charge on any atom is 0.119 e. The van der Waals surface area contributed by atoms with Gasteiger partial charge in [-0.15, -0.1) is 0 Å². The van der Waals surface area contributed by atoms with Crippen LogP contribution >= 0.6 is 0 Å². The van der Waals surface area contributed by atoms with Crippen molar-refractivity contribution in [2.45, 2.75) is 57.2 Å². The molecule has 2 nitrogen and oxygen atoms in total. The number of nitrogens with zero attached hydrogens (tertiary/aromatic N) is 1. The van der Waals surface area contributed by atoms with Crippen LogP contribution in [-0.2, 0) is 13.0 Å². The summed E-state index contributed by atoms with van der Waals surface area (Å²) in [7, 11) is 0. The molecule has 1 aliphatic carbocycles. The molecule has 1 aromatic carbocycles. The van der Waals surface area contributed by atoms with Gasteiger partial charge in [0.15, 0.2) is 0 Å². The number of fused-ring (bicyclic) bond motifs is 1. The third-order valence-electron chi connectivity index (χ3n) is 5.06. The van der Waals surface area contributed by atoms with Gasteiger partial charge in [0.25, 0.3) is 0 Å². The fourth-order valence-electron chi connectivity index (χ4n) is 3.83. The van der Waals surface area contributed by atoms with Crippen LogP contribution in [0.1, 0.15) is 49.7 Å². The molecule has 2 aliphatic rings. The number of hydrogen-bond acceptors (Lipinski definition) is 2. The molecule has 1 fully saturated rings. The van der Waals surface area contributed by atoms with E-state index in [-0.39, 0.29) is 0 Å². The highest BCUT2D eigenvalue weighted by Crippen LogP contribution is 2.34. The summed E-state index contributed by atoms with van der Waals surface area (Å²) in [5.74, 6) is 0.656. The number of rotatable bonds is 3. The number of hydrogen-bond donors (Lipinski definition) is 1. The Morgan fingerprint density at radius 3 is 2.60 bits per heavy atom. The number of aliphatic hydroxyl groups is 1. The normalized spacial score (nSPS) is 24.1. The summed E-state index contributed by atoms with van der Waals surface area (Å²) in [6.45, 7) is 5.90. The molecule has 0 bridgehead atoms. The van der Waals surface area contributed by atoms with E-state index in [1.165, 1.54) is 43.2 Å². The highest BCUT2D eigenvalue weighted by Gasteiger charge is 2.34. The molecule has 3 rings (SSSR count). The van der Waals surface area contributed by atoms with E-state index < -0.39 is 5.72 Å². The summed E-state index contributed by atoms with van der Waals surface area (Å²) in [5.41, 5.74) is 1.89.